The number of hydrogen-bond donors (Lipinski definition) is 1. The lowest BCUT2D eigenvalue weighted by atomic mass is 10.3. The van der Waals surface area contributed by atoms with Crippen LogP contribution in [0, 0.1) is 0 Å². The Bertz CT molecular complexity index is 498. The number of pyridine rings is 1. The molecule has 0 aliphatic rings. The maximum absolute atomic E-state index is 5.17. The van der Waals surface area contributed by atoms with Gasteiger partial charge in [0.05, 0.1) is 6.54 Å². The van der Waals surface area contributed by atoms with E-state index in [9.17, 15) is 0 Å². The van der Waals surface area contributed by atoms with Crippen molar-refractivity contribution < 1.29 is 4.52 Å². The van der Waals surface area contributed by atoms with Gasteiger partial charge in [-0.15, -0.1) is 0 Å². The summed E-state index contributed by atoms with van der Waals surface area (Å²) in [6.07, 6.45) is 1.69. The fraction of sp³-hybridized carbons (Fsp3) is 0.364. The average Bonchev–Trinajstić information content (AvgIpc) is 2.75. The highest BCUT2D eigenvalue weighted by Crippen LogP contribution is 2.23. The van der Waals surface area contributed by atoms with Gasteiger partial charge in [0.15, 0.2) is 5.82 Å². The summed E-state index contributed by atoms with van der Waals surface area (Å²) in [4.78, 5) is 8.47. The van der Waals surface area contributed by atoms with E-state index in [1.807, 2.05) is 12.1 Å². The van der Waals surface area contributed by atoms with Crippen molar-refractivity contribution in [2.75, 3.05) is 0 Å². The Morgan fingerprint density at radius 2 is 2.29 bits per heavy atom. The lowest BCUT2D eigenvalue weighted by Crippen LogP contribution is -2.22. The molecule has 0 amide bonds. The van der Waals surface area contributed by atoms with Gasteiger partial charge in [-0.3, -0.25) is 0 Å². The minimum absolute atomic E-state index is 0.388. The number of halogens is 1. The quantitative estimate of drug-likeness (QED) is 0.938. The van der Waals surface area contributed by atoms with Gasteiger partial charge < -0.3 is 9.84 Å². The minimum atomic E-state index is 0.388. The molecule has 1 N–H and O–H groups in total. The van der Waals surface area contributed by atoms with Crippen LogP contribution < -0.4 is 5.32 Å². The summed E-state index contributed by atoms with van der Waals surface area (Å²) >= 11 is 3.40. The third kappa shape index (κ3) is 3.10. The highest BCUT2D eigenvalue weighted by Gasteiger charge is 2.12. The topological polar surface area (TPSA) is 63.8 Å². The summed E-state index contributed by atoms with van der Waals surface area (Å²) in [6.45, 7) is 4.72. The number of nitrogens with zero attached hydrogens (tertiary/aromatic N) is 3. The van der Waals surface area contributed by atoms with Crippen LogP contribution in [0.15, 0.2) is 27.3 Å². The summed E-state index contributed by atoms with van der Waals surface area (Å²) in [7, 11) is 0. The predicted octanol–water partition coefficient (Wildman–Crippen LogP) is 2.39. The molecule has 0 aromatic carbocycles. The molecular formula is C11H13BrN4O. The van der Waals surface area contributed by atoms with Crippen LogP contribution in [0.25, 0.3) is 11.6 Å². The van der Waals surface area contributed by atoms with E-state index in [1.54, 1.807) is 6.20 Å². The molecule has 0 radical (unpaired) electrons. The van der Waals surface area contributed by atoms with E-state index in [0.29, 0.717) is 30.0 Å². The second-order valence-electron chi connectivity index (χ2n) is 3.89. The number of hydrogen-bond acceptors (Lipinski definition) is 5. The van der Waals surface area contributed by atoms with Gasteiger partial charge in [-0.2, -0.15) is 4.98 Å². The number of rotatable bonds is 4. The molecule has 0 atom stereocenters. The molecule has 0 spiro atoms. The first-order valence-corrected chi connectivity index (χ1v) is 6.13. The smallest absolute Gasteiger partial charge is 0.277 e. The SMILES string of the molecule is CC(C)NCc1noc(-c2ncccc2Br)n1. The molecule has 5 nitrogen and oxygen atoms in total. The first kappa shape index (κ1) is 12.2. The first-order chi connectivity index (χ1) is 8.16. The zero-order valence-electron chi connectivity index (χ0n) is 9.64. The monoisotopic (exact) mass is 296 g/mol. The van der Waals surface area contributed by atoms with Crippen LogP contribution in [0.4, 0.5) is 0 Å². The molecule has 0 unspecified atom stereocenters. The van der Waals surface area contributed by atoms with Crippen molar-refractivity contribution >= 4 is 15.9 Å². The second kappa shape index (κ2) is 5.37. The maximum atomic E-state index is 5.17. The molecule has 6 heteroatoms. The highest BCUT2D eigenvalue weighted by atomic mass is 79.9. The average molecular weight is 297 g/mol. The van der Waals surface area contributed by atoms with Crippen LogP contribution in [0.3, 0.4) is 0 Å². The third-order valence-corrected chi connectivity index (χ3v) is 2.74. The molecule has 2 aromatic heterocycles. The largest absolute Gasteiger partial charge is 0.332 e. The Hall–Kier alpha value is -1.27. The van der Waals surface area contributed by atoms with Crippen molar-refractivity contribution in [3.63, 3.8) is 0 Å². The first-order valence-electron chi connectivity index (χ1n) is 5.33. The maximum Gasteiger partial charge on any atom is 0.277 e. The van der Waals surface area contributed by atoms with E-state index in [2.05, 4.69) is 50.2 Å². The van der Waals surface area contributed by atoms with Gasteiger partial charge in [-0.1, -0.05) is 19.0 Å². The predicted molar refractivity (Wildman–Crippen MR) is 67.2 cm³/mol. The van der Waals surface area contributed by atoms with Gasteiger partial charge in [0, 0.05) is 16.7 Å². The van der Waals surface area contributed by atoms with Crippen molar-refractivity contribution in [1.82, 2.24) is 20.4 Å². The van der Waals surface area contributed by atoms with Crippen molar-refractivity contribution in [1.29, 1.82) is 0 Å². The Morgan fingerprint density at radius 3 is 3.00 bits per heavy atom. The molecule has 90 valence electrons. The van der Waals surface area contributed by atoms with Crippen molar-refractivity contribution in [2.24, 2.45) is 0 Å². The van der Waals surface area contributed by atoms with Crippen molar-refractivity contribution in [3.05, 3.63) is 28.6 Å². The van der Waals surface area contributed by atoms with E-state index in [-0.39, 0.29) is 0 Å². The standard InChI is InChI=1S/C11H13BrN4O/c1-7(2)14-6-9-15-11(17-16-9)10-8(12)4-3-5-13-10/h3-5,7,14H,6H2,1-2H3. The normalized spacial score (nSPS) is 11.1. The summed E-state index contributed by atoms with van der Waals surface area (Å²) in [5.41, 5.74) is 0.663. The van der Waals surface area contributed by atoms with Gasteiger partial charge in [-0.05, 0) is 28.1 Å². The van der Waals surface area contributed by atoms with Crippen molar-refractivity contribution in [2.45, 2.75) is 26.4 Å². The number of aromatic nitrogens is 3. The van der Waals surface area contributed by atoms with Crippen LogP contribution in [0.2, 0.25) is 0 Å². The van der Waals surface area contributed by atoms with Gasteiger partial charge in [0.25, 0.3) is 5.89 Å². The summed E-state index contributed by atoms with van der Waals surface area (Å²) in [5.74, 6) is 1.06. The fourth-order valence-electron chi connectivity index (χ4n) is 1.26. The van der Waals surface area contributed by atoms with E-state index in [1.165, 1.54) is 0 Å². The van der Waals surface area contributed by atoms with E-state index >= 15 is 0 Å². The van der Waals surface area contributed by atoms with E-state index in [0.717, 1.165) is 4.47 Å². The lowest BCUT2D eigenvalue weighted by Gasteiger charge is -2.03. The Labute approximate surface area is 108 Å². The van der Waals surface area contributed by atoms with Gasteiger partial charge in [0.2, 0.25) is 0 Å². The van der Waals surface area contributed by atoms with Gasteiger partial charge in [0.1, 0.15) is 5.69 Å². The molecule has 0 aliphatic carbocycles. The highest BCUT2D eigenvalue weighted by molar-refractivity contribution is 9.10. The van der Waals surface area contributed by atoms with E-state index in [4.69, 9.17) is 4.52 Å². The van der Waals surface area contributed by atoms with Crippen molar-refractivity contribution in [3.8, 4) is 11.6 Å². The molecule has 2 aromatic rings. The molecular weight excluding hydrogens is 284 g/mol. The van der Waals surface area contributed by atoms with Gasteiger partial charge >= 0.3 is 0 Å². The second-order valence-corrected chi connectivity index (χ2v) is 4.74. The van der Waals surface area contributed by atoms with E-state index < -0.39 is 0 Å². The molecule has 0 saturated carbocycles. The zero-order chi connectivity index (χ0) is 12.3. The summed E-state index contributed by atoms with van der Waals surface area (Å²) in [5, 5.41) is 7.12. The van der Waals surface area contributed by atoms with Crippen LogP contribution in [-0.2, 0) is 6.54 Å². The minimum Gasteiger partial charge on any atom is -0.332 e. The van der Waals surface area contributed by atoms with Crippen LogP contribution >= 0.6 is 15.9 Å². The third-order valence-electron chi connectivity index (χ3n) is 2.10. The Balaban J connectivity index is 2.16. The number of nitrogens with one attached hydrogen (secondary N) is 1. The summed E-state index contributed by atoms with van der Waals surface area (Å²) < 4.78 is 6.01. The molecule has 0 saturated heterocycles. The van der Waals surface area contributed by atoms with Crippen LogP contribution in [-0.4, -0.2) is 21.2 Å². The molecule has 2 rings (SSSR count). The Morgan fingerprint density at radius 1 is 1.47 bits per heavy atom. The lowest BCUT2D eigenvalue weighted by molar-refractivity contribution is 0.416. The van der Waals surface area contributed by atoms with Crippen LogP contribution in [0.1, 0.15) is 19.7 Å². The molecule has 0 aliphatic heterocycles. The Kier molecular flexibility index (Phi) is 3.86. The fourth-order valence-corrected chi connectivity index (χ4v) is 1.69. The molecule has 0 bridgehead atoms. The van der Waals surface area contributed by atoms with Gasteiger partial charge in [-0.25, -0.2) is 4.98 Å². The molecule has 0 fully saturated rings. The molecule has 17 heavy (non-hydrogen) atoms. The van der Waals surface area contributed by atoms with Crippen LogP contribution in [0.5, 0.6) is 0 Å². The summed E-state index contributed by atoms with van der Waals surface area (Å²) in [6, 6.07) is 4.11. The zero-order valence-corrected chi connectivity index (χ0v) is 11.2. The molecule has 2 heterocycles.